The Bertz CT molecular complexity index is 855. The lowest BCUT2D eigenvalue weighted by molar-refractivity contribution is -0.135. The highest BCUT2D eigenvalue weighted by molar-refractivity contribution is 7.91. The minimum absolute atomic E-state index is 0.0354. The number of hydrogen-bond donors (Lipinski definition) is 0. The summed E-state index contributed by atoms with van der Waals surface area (Å²) >= 11 is 1.56. The zero-order chi connectivity index (χ0) is 18.7. The van der Waals surface area contributed by atoms with Gasteiger partial charge in [0.05, 0.1) is 18.1 Å². The number of hydrogen-bond acceptors (Lipinski definition) is 5. The van der Waals surface area contributed by atoms with Crippen molar-refractivity contribution < 1.29 is 17.9 Å². The molecule has 1 saturated heterocycles. The third-order valence-electron chi connectivity index (χ3n) is 4.43. The molecule has 0 unspecified atom stereocenters. The van der Waals surface area contributed by atoms with Gasteiger partial charge in [0.15, 0.2) is 16.4 Å². The van der Waals surface area contributed by atoms with E-state index in [1.165, 1.54) is 0 Å². The Morgan fingerprint density at radius 2 is 2.00 bits per heavy atom. The first kappa shape index (κ1) is 18.9. The fraction of sp³-hybridized carbons (Fsp3) is 0.421. The fourth-order valence-corrected chi connectivity index (χ4v) is 5.69. The van der Waals surface area contributed by atoms with E-state index >= 15 is 0 Å². The van der Waals surface area contributed by atoms with Crippen LogP contribution < -0.4 is 4.74 Å². The normalized spacial score (nSPS) is 18.6. The summed E-state index contributed by atoms with van der Waals surface area (Å²) in [6.07, 6.45) is 0.489. The van der Waals surface area contributed by atoms with E-state index in [9.17, 15) is 13.2 Å². The Morgan fingerprint density at radius 1 is 1.27 bits per heavy atom. The molecule has 1 aliphatic rings. The van der Waals surface area contributed by atoms with Crippen LogP contribution in [0.1, 0.15) is 22.4 Å². The van der Waals surface area contributed by atoms with Gasteiger partial charge in [0, 0.05) is 10.9 Å². The maximum absolute atomic E-state index is 12.8. The minimum Gasteiger partial charge on any atom is -0.484 e. The molecule has 1 amide bonds. The van der Waals surface area contributed by atoms with Crippen LogP contribution in [0.15, 0.2) is 35.7 Å². The number of carbonyl (C=O) groups is 1. The highest BCUT2D eigenvalue weighted by Gasteiger charge is 2.34. The summed E-state index contributed by atoms with van der Waals surface area (Å²) in [4.78, 5) is 15.5. The summed E-state index contributed by atoms with van der Waals surface area (Å²) in [5.74, 6) is 0.655. The number of aryl methyl sites for hydroxylation is 2. The minimum atomic E-state index is -3.06. The van der Waals surface area contributed by atoms with Gasteiger partial charge in [-0.05, 0) is 55.0 Å². The van der Waals surface area contributed by atoms with Gasteiger partial charge in [0.2, 0.25) is 0 Å². The molecule has 2 heterocycles. The molecule has 0 radical (unpaired) electrons. The second-order valence-electron chi connectivity index (χ2n) is 6.77. The van der Waals surface area contributed by atoms with Gasteiger partial charge < -0.3 is 9.64 Å². The topological polar surface area (TPSA) is 63.7 Å². The third-order valence-corrected chi connectivity index (χ3v) is 7.04. The van der Waals surface area contributed by atoms with Gasteiger partial charge in [-0.1, -0.05) is 12.1 Å². The number of thiophene rings is 1. The number of carbonyl (C=O) groups excluding carboxylic acids is 1. The van der Waals surface area contributed by atoms with Crippen LogP contribution in [0.25, 0.3) is 0 Å². The van der Waals surface area contributed by atoms with Crippen molar-refractivity contribution in [3.05, 3.63) is 51.7 Å². The van der Waals surface area contributed by atoms with Gasteiger partial charge in [-0.3, -0.25) is 4.79 Å². The summed E-state index contributed by atoms with van der Waals surface area (Å²) in [6, 6.07) is 9.44. The van der Waals surface area contributed by atoms with E-state index in [0.29, 0.717) is 18.7 Å². The van der Waals surface area contributed by atoms with E-state index in [0.717, 1.165) is 16.0 Å². The van der Waals surface area contributed by atoms with Crippen LogP contribution >= 0.6 is 11.3 Å². The number of ether oxygens (including phenoxy) is 1. The van der Waals surface area contributed by atoms with Gasteiger partial charge >= 0.3 is 0 Å². The molecule has 26 heavy (non-hydrogen) atoms. The molecule has 2 aromatic rings. The van der Waals surface area contributed by atoms with Crippen LogP contribution in [0.5, 0.6) is 5.75 Å². The average molecular weight is 394 g/mol. The van der Waals surface area contributed by atoms with Crippen molar-refractivity contribution in [3.8, 4) is 5.75 Å². The van der Waals surface area contributed by atoms with E-state index in [2.05, 4.69) is 0 Å². The van der Waals surface area contributed by atoms with Crippen LogP contribution in [0, 0.1) is 13.8 Å². The first-order chi connectivity index (χ1) is 12.3. The number of sulfone groups is 1. The number of rotatable bonds is 6. The van der Waals surface area contributed by atoms with Crippen molar-refractivity contribution in [3.63, 3.8) is 0 Å². The molecule has 0 spiro atoms. The number of nitrogens with zero attached hydrogens (tertiary/aromatic N) is 1. The monoisotopic (exact) mass is 393 g/mol. The van der Waals surface area contributed by atoms with Crippen LogP contribution in [0.2, 0.25) is 0 Å². The van der Waals surface area contributed by atoms with Gasteiger partial charge in [0.1, 0.15) is 5.75 Å². The van der Waals surface area contributed by atoms with Crippen molar-refractivity contribution in [1.29, 1.82) is 0 Å². The molecular formula is C19H23NO4S2. The van der Waals surface area contributed by atoms with Crippen molar-refractivity contribution >= 4 is 27.1 Å². The summed E-state index contributed by atoms with van der Waals surface area (Å²) in [7, 11) is -3.06. The Hall–Kier alpha value is -1.86. The molecule has 1 aromatic heterocycles. The van der Waals surface area contributed by atoms with E-state index in [-0.39, 0.29) is 30.1 Å². The molecule has 0 aliphatic carbocycles. The lowest BCUT2D eigenvalue weighted by Crippen LogP contribution is -2.42. The predicted octanol–water partition coefficient (Wildman–Crippen LogP) is 2.96. The summed E-state index contributed by atoms with van der Waals surface area (Å²) in [6.45, 7) is 4.29. The first-order valence-electron chi connectivity index (χ1n) is 8.56. The molecule has 0 bridgehead atoms. The smallest absolute Gasteiger partial charge is 0.261 e. The largest absolute Gasteiger partial charge is 0.484 e. The maximum Gasteiger partial charge on any atom is 0.261 e. The Morgan fingerprint density at radius 3 is 2.58 bits per heavy atom. The second kappa shape index (κ2) is 7.80. The van der Waals surface area contributed by atoms with Gasteiger partial charge in [-0.2, -0.15) is 0 Å². The highest BCUT2D eigenvalue weighted by Crippen LogP contribution is 2.23. The van der Waals surface area contributed by atoms with Crippen molar-refractivity contribution in [1.82, 2.24) is 4.90 Å². The van der Waals surface area contributed by atoms with Gasteiger partial charge in [-0.25, -0.2) is 8.42 Å². The van der Waals surface area contributed by atoms with Crippen molar-refractivity contribution in [2.45, 2.75) is 32.9 Å². The molecule has 1 fully saturated rings. The van der Waals surface area contributed by atoms with Crippen molar-refractivity contribution in [2.24, 2.45) is 0 Å². The second-order valence-corrected chi connectivity index (χ2v) is 10.0. The fourth-order valence-electron chi connectivity index (χ4n) is 3.26. The zero-order valence-electron chi connectivity index (χ0n) is 15.0. The summed E-state index contributed by atoms with van der Waals surface area (Å²) in [5, 5.41) is 1.95. The molecule has 5 nitrogen and oxygen atoms in total. The molecule has 7 heteroatoms. The van der Waals surface area contributed by atoms with Crippen LogP contribution in [0.3, 0.4) is 0 Å². The molecule has 0 saturated carbocycles. The maximum atomic E-state index is 12.8. The SMILES string of the molecule is Cc1cc(C)cc(OCC(=O)N(Cc2cccs2)[C@@H]2CCS(=O)(=O)C2)c1. The summed E-state index contributed by atoms with van der Waals surface area (Å²) < 4.78 is 29.4. The molecular weight excluding hydrogens is 370 g/mol. The number of benzene rings is 1. The molecule has 1 aliphatic heterocycles. The molecule has 1 aromatic carbocycles. The Kier molecular flexibility index (Phi) is 5.67. The van der Waals surface area contributed by atoms with Crippen LogP contribution in [-0.2, 0) is 21.2 Å². The first-order valence-corrected chi connectivity index (χ1v) is 11.3. The Balaban J connectivity index is 1.71. The zero-order valence-corrected chi connectivity index (χ0v) is 16.6. The molecule has 140 valence electrons. The van der Waals surface area contributed by atoms with E-state index in [4.69, 9.17) is 4.74 Å². The summed E-state index contributed by atoms with van der Waals surface area (Å²) in [5.41, 5.74) is 2.15. The lowest BCUT2D eigenvalue weighted by atomic mass is 10.1. The quantitative estimate of drug-likeness (QED) is 0.757. The number of amides is 1. The predicted molar refractivity (Wildman–Crippen MR) is 103 cm³/mol. The van der Waals surface area contributed by atoms with Crippen LogP contribution in [0.4, 0.5) is 0 Å². The van der Waals surface area contributed by atoms with Crippen molar-refractivity contribution in [2.75, 3.05) is 18.1 Å². The molecule has 1 atom stereocenters. The van der Waals surface area contributed by atoms with Gasteiger partial charge in [0.25, 0.3) is 5.91 Å². The van der Waals surface area contributed by atoms with Gasteiger partial charge in [-0.15, -0.1) is 11.3 Å². The molecule has 3 rings (SSSR count). The van der Waals surface area contributed by atoms with E-state index < -0.39 is 9.84 Å². The third kappa shape index (κ3) is 4.86. The Labute approximate surface area is 158 Å². The van der Waals surface area contributed by atoms with E-state index in [1.807, 2.05) is 49.6 Å². The lowest BCUT2D eigenvalue weighted by Gasteiger charge is -2.28. The van der Waals surface area contributed by atoms with E-state index in [1.54, 1.807) is 16.2 Å². The average Bonchev–Trinajstić information content (AvgIpc) is 3.18. The standard InChI is InChI=1S/C19H23NO4S2/c1-14-8-15(2)10-17(9-14)24-12-19(21)20(11-18-4-3-6-25-18)16-5-7-26(22,23)13-16/h3-4,6,8-10,16H,5,7,11-13H2,1-2H3/t16-/m1/s1. The molecule has 0 N–H and O–H groups in total. The highest BCUT2D eigenvalue weighted by atomic mass is 32.2. The van der Waals surface area contributed by atoms with Crippen LogP contribution in [-0.4, -0.2) is 43.4 Å².